The fraction of sp³-hybridized carbons (Fsp3) is 0.300. The fourth-order valence-electron chi connectivity index (χ4n) is 2.41. The summed E-state index contributed by atoms with van der Waals surface area (Å²) < 4.78 is 10.9. The molecule has 2 aromatic carbocycles. The molecule has 0 aliphatic heterocycles. The van der Waals surface area contributed by atoms with Crippen LogP contribution in [0.25, 0.3) is 0 Å². The first-order valence-electron chi connectivity index (χ1n) is 8.38. The molecular weight excluding hydrogens is 368 g/mol. The van der Waals surface area contributed by atoms with E-state index in [0.29, 0.717) is 42.2 Å². The minimum atomic E-state index is -0.0961. The Morgan fingerprint density at radius 2 is 1.85 bits per heavy atom. The molecule has 2 rings (SSSR count). The molecule has 27 heavy (non-hydrogen) atoms. The largest absolute Gasteiger partial charge is 0.493 e. The number of halogens is 1. The Kier molecular flexibility index (Phi) is 8.62. The van der Waals surface area contributed by atoms with Crippen molar-refractivity contribution >= 4 is 35.5 Å². The summed E-state index contributed by atoms with van der Waals surface area (Å²) in [5.74, 6) is 0.909. The van der Waals surface area contributed by atoms with Crippen LogP contribution in [0.3, 0.4) is 0 Å². The van der Waals surface area contributed by atoms with E-state index < -0.39 is 0 Å². The number of ketones is 1. The van der Waals surface area contributed by atoms with E-state index in [4.69, 9.17) is 15.2 Å². The number of nitrogens with two attached hydrogens (primary N) is 1. The molecule has 0 saturated carbocycles. The molecule has 0 atom stereocenters. The van der Waals surface area contributed by atoms with Crippen LogP contribution >= 0.6 is 12.4 Å². The average Bonchev–Trinajstić information content (AvgIpc) is 2.61. The normalized spacial score (nSPS) is 9.89. The summed E-state index contributed by atoms with van der Waals surface area (Å²) in [7, 11) is 1.52. The molecule has 0 unspecified atom stereocenters. The van der Waals surface area contributed by atoms with Gasteiger partial charge in [-0.3, -0.25) is 9.59 Å². The predicted octanol–water partition coefficient (Wildman–Crippen LogP) is 4.01. The van der Waals surface area contributed by atoms with Gasteiger partial charge in [-0.25, -0.2) is 0 Å². The predicted molar refractivity (Wildman–Crippen MR) is 109 cm³/mol. The molecule has 1 amide bonds. The van der Waals surface area contributed by atoms with Crippen LogP contribution in [0.4, 0.5) is 11.4 Å². The Bertz CT molecular complexity index is 809. The number of carbonyl (C=O) groups excluding carboxylic acids is 2. The number of hydrogen-bond acceptors (Lipinski definition) is 5. The van der Waals surface area contributed by atoms with Gasteiger partial charge in [-0.05, 0) is 56.2 Å². The van der Waals surface area contributed by atoms with Crippen molar-refractivity contribution < 1.29 is 19.1 Å². The van der Waals surface area contributed by atoms with E-state index in [2.05, 4.69) is 5.32 Å². The van der Waals surface area contributed by atoms with Gasteiger partial charge in [-0.2, -0.15) is 0 Å². The van der Waals surface area contributed by atoms with Crippen molar-refractivity contribution in [3.8, 4) is 11.5 Å². The SMILES string of the molecule is COc1cc(C(C)=O)ccc1OCCCC(=O)Nc1cc(N)ccc1C.Cl. The Labute approximate surface area is 165 Å². The highest BCUT2D eigenvalue weighted by Crippen LogP contribution is 2.28. The second kappa shape index (κ2) is 10.4. The number of aryl methyl sites for hydroxylation is 1. The van der Waals surface area contributed by atoms with Crippen molar-refractivity contribution in [3.05, 3.63) is 47.5 Å². The van der Waals surface area contributed by atoms with Crippen LogP contribution in [0.1, 0.15) is 35.7 Å². The topological polar surface area (TPSA) is 90.6 Å². The molecular formula is C20H25ClN2O4. The van der Waals surface area contributed by atoms with E-state index in [0.717, 1.165) is 11.3 Å². The minimum Gasteiger partial charge on any atom is -0.493 e. The Morgan fingerprint density at radius 3 is 2.52 bits per heavy atom. The monoisotopic (exact) mass is 392 g/mol. The van der Waals surface area contributed by atoms with Gasteiger partial charge in [0.1, 0.15) is 0 Å². The zero-order valence-electron chi connectivity index (χ0n) is 15.7. The summed E-state index contributed by atoms with van der Waals surface area (Å²) in [5, 5.41) is 2.86. The van der Waals surface area contributed by atoms with Crippen molar-refractivity contribution in [3.63, 3.8) is 0 Å². The molecule has 146 valence electrons. The highest BCUT2D eigenvalue weighted by Gasteiger charge is 2.09. The summed E-state index contributed by atoms with van der Waals surface area (Å²) in [5.41, 5.74) is 8.59. The number of rotatable bonds is 8. The van der Waals surface area contributed by atoms with E-state index >= 15 is 0 Å². The number of ether oxygens (including phenoxy) is 2. The van der Waals surface area contributed by atoms with Crippen LogP contribution < -0.4 is 20.5 Å². The first-order chi connectivity index (χ1) is 12.4. The molecule has 0 heterocycles. The van der Waals surface area contributed by atoms with Crippen molar-refractivity contribution in [1.29, 1.82) is 0 Å². The Hall–Kier alpha value is -2.73. The summed E-state index contributed by atoms with van der Waals surface area (Å²) in [6.45, 7) is 3.77. The van der Waals surface area contributed by atoms with Crippen LogP contribution in [0.5, 0.6) is 11.5 Å². The summed E-state index contributed by atoms with van der Waals surface area (Å²) in [4.78, 5) is 23.5. The molecule has 0 spiro atoms. The minimum absolute atomic E-state index is 0. The third kappa shape index (κ3) is 6.49. The molecule has 2 aromatic rings. The van der Waals surface area contributed by atoms with Gasteiger partial charge in [-0.1, -0.05) is 6.07 Å². The van der Waals surface area contributed by atoms with E-state index in [-0.39, 0.29) is 24.1 Å². The summed E-state index contributed by atoms with van der Waals surface area (Å²) in [6, 6.07) is 10.4. The zero-order chi connectivity index (χ0) is 19.1. The number of nitrogens with one attached hydrogen (secondary N) is 1. The van der Waals surface area contributed by atoms with Crippen LogP contribution in [0, 0.1) is 6.92 Å². The highest BCUT2D eigenvalue weighted by atomic mass is 35.5. The third-order valence-corrected chi connectivity index (χ3v) is 3.91. The summed E-state index contributed by atoms with van der Waals surface area (Å²) >= 11 is 0. The number of anilines is 2. The number of hydrogen-bond donors (Lipinski definition) is 2. The smallest absolute Gasteiger partial charge is 0.224 e. The second-order valence-corrected chi connectivity index (χ2v) is 6.00. The van der Waals surface area contributed by atoms with Gasteiger partial charge in [0.05, 0.1) is 13.7 Å². The van der Waals surface area contributed by atoms with Gasteiger partial charge in [0.25, 0.3) is 0 Å². The number of benzene rings is 2. The van der Waals surface area contributed by atoms with E-state index in [9.17, 15) is 9.59 Å². The van der Waals surface area contributed by atoms with E-state index in [1.807, 2.05) is 13.0 Å². The second-order valence-electron chi connectivity index (χ2n) is 6.00. The first-order valence-corrected chi connectivity index (χ1v) is 8.38. The molecule has 0 saturated heterocycles. The third-order valence-electron chi connectivity index (χ3n) is 3.91. The van der Waals surface area contributed by atoms with Crippen molar-refractivity contribution in [2.24, 2.45) is 0 Å². The maximum atomic E-state index is 12.1. The average molecular weight is 393 g/mol. The molecule has 0 bridgehead atoms. The number of Topliss-reactive ketones (excluding diaryl/α,β-unsaturated/α-hetero) is 1. The van der Waals surface area contributed by atoms with Gasteiger partial charge in [0.15, 0.2) is 17.3 Å². The van der Waals surface area contributed by atoms with Crippen LogP contribution in [-0.4, -0.2) is 25.4 Å². The van der Waals surface area contributed by atoms with Crippen LogP contribution in [-0.2, 0) is 4.79 Å². The number of amides is 1. The number of carbonyl (C=O) groups is 2. The maximum Gasteiger partial charge on any atom is 0.224 e. The molecule has 0 aromatic heterocycles. The molecule has 3 N–H and O–H groups in total. The van der Waals surface area contributed by atoms with Crippen LogP contribution in [0.2, 0.25) is 0 Å². The van der Waals surface area contributed by atoms with Gasteiger partial charge < -0.3 is 20.5 Å². The first kappa shape index (κ1) is 22.3. The standard InChI is InChI=1S/C20H24N2O4.ClH/c1-13-6-8-16(21)12-17(13)22-20(24)5-4-10-26-18-9-7-15(14(2)23)11-19(18)25-3;/h6-9,11-12H,4-5,10,21H2,1-3H3,(H,22,24);1H. The summed E-state index contributed by atoms with van der Waals surface area (Å²) in [6.07, 6.45) is 0.868. The number of methoxy groups -OCH3 is 1. The quantitative estimate of drug-likeness (QED) is 0.402. The lowest BCUT2D eigenvalue weighted by atomic mass is 10.1. The van der Waals surface area contributed by atoms with Gasteiger partial charge in [-0.15, -0.1) is 12.4 Å². The lowest BCUT2D eigenvalue weighted by Gasteiger charge is -2.12. The fourth-order valence-corrected chi connectivity index (χ4v) is 2.41. The van der Waals surface area contributed by atoms with Crippen molar-refractivity contribution in [2.45, 2.75) is 26.7 Å². The van der Waals surface area contributed by atoms with E-state index in [1.54, 1.807) is 30.3 Å². The highest BCUT2D eigenvalue weighted by molar-refractivity contribution is 5.94. The molecule has 0 radical (unpaired) electrons. The Morgan fingerprint density at radius 1 is 1.11 bits per heavy atom. The van der Waals surface area contributed by atoms with Crippen molar-refractivity contribution in [1.82, 2.24) is 0 Å². The Balaban J connectivity index is 0.00000364. The molecule has 6 nitrogen and oxygen atoms in total. The molecule has 7 heteroatoms. The van der Waals surface area contributed by atoms with Gasteiger partial charge in [0.2, 0.25) is 5.91 Å². The lowest BCUT2D eigenvalue weighted by molar-refractivity contribution is -0.116. The van der Waals surface area contributed by atoms with Crippen molar-refractivity contribution in [2.75, 3.05) is 24.8 Å². The molecule has 0 aliphatic rings. The molecule has 0 fully saturated rings. The maximum absolute atomic E-state index is 12.1. The van der Waals surface area contributed by atoms with Crippen LogP contribution in [0.15, 0.2) is 36.4 Å². The zero-order valence-corrected chi connectivity index (χ0v) is 16.5. The lowest BCUT2D eigenvalue weighted by Crippen LogP contribution is -2.14. The van der Waals surface area contributed by atoms with E-state index in [1.165, 1.54) is 14.0 Å². The number of nitrogen functional groups attached to an aromatic ring is 1. The van der Waals surface area contributed by atoms with Gasteiger partial charge in [0, 0.05) is 23.4 Å². The van der Waals surface area contributed by atoms with Gasteiger partial charge >= 0.3 is 0 Å². The molecule has 0 aliphatic carbocycles.